The number of aromatic nitrogens is 2. The van der Waals surface area contributed by atoms with Gasteiger partial charge in [-0.3, -0.25) is 0 Å². The highest BCUT2D eigenvalue weighted by atomic mass is 15.3. The van der Waals surface area contributed by atoms with E-state index >= 15 is 0 Å². The molecule has 2 nitrogen and oxygen atoms in total. The smallest absolute Gasteiger partial charge is 0.0740 e. The van der Waals surface area contributed by atoms with Crippen molar-refractivity contribution in [2.45, 2.75) is 0 Å². The second kappa shape index (κ2) is 2.90. The fourth-order valence-corrected chi connectivity index (χ4v) is 1.29. The summed E-state index contributed by atoms with van der Waals surface area (Å²) in [4.78, 5) is 0. The van der Waals surface area contributed by atoms with Crippen molar-refractivity contribution < 1.29 is 0 Å². The molecule has 0 atom stereocenters. The molecule has 0 saturated carbocycles. The normalized spacial score (nSPS) is 10.2. The van der Waals surface area contributed by atoms with Crippen molar-refractivity contribution in [2.75, 3.05) is 0 Å². The molecule has 0 aliphatic carbocycles. The zero-order valence-corrected chi connectivity index (χ0v) is 7.27. The first-order valence-corrected chi connectivity index (χ1v) is 4.07. The average Bonchev–Trinajstić information content (AvgIpc) is 2.60. The molecule has 1 aromatic heterocycles. The van der Waals surface area contributed by atoms with Gasteiger partial charge in [-0.1, -0.05) is 31.4 Å². The highest BCUT2D eigenvalue weighted by Gasteiger charge is 2.00. The van der Waals surface area contributed by atoms with Crippen LogP contribution in [0.2, 0.25) is 0 Å². The Bertz CT molecular complexity index is 466. The lowest BCUT2D eigenvalue weighted by Crippen LogP contribution is -1.93. The zero-order valence-electron chi connectivity index (χ0n) is 7.27. The maximum absolute atomic E-state index is 4.21. The Morgan fingerprint density at radius 2 is 2.15 bits per heavy atom. The Morgan fingerprint density at radius 3 is 2.92 bits per heavy atom. The molecule has 0 spiro atoms. The second-order valence-electron chi connectivity index (χ2n) is 2.81. The molecule has 2 heteroatoms. The minimum atomic E-state index is 0.793. The molecule has 13 heavy (non-hydrogen) atoms. The Kier molecular flexibility index (Phi) is 1.74. The van der Waals surface area contributed by atoms with Crippen LogP contribution >= 0.6 is 0 Å². The second-order valence-corrected chi connectivity index (χ2v) is 2.81. The van der Waals surface area contributed by atoms with Gasteiger partial charge in [-0.15, -0.1) is 0 Å². The van der Waals surface area contributed by atoms with Crippen molar-refractivity contribution in [1.29, 1.82) is 0 Å². The molecule has 2 rings (SSSR count). The molecule has 0 amide bonds. The molecular formula is C11H10N2. The van der Waals surface area contributed by atoms with Crippen LogP contribution in [0.25, 0.3) is 16.6 Å². The summed E-state index contributed by atoms with van der Waals surface area (Å²) in [6.45, 7) is 7.51. The van der Waals surface area contributed by atoms with Crippen LogP contribution in [0.15, 0.2) is 49.7 Å². The molecular weight excluding hydrogens is 160 g/mol. The number of hydrogen-bond donors (Lipinski definition) is 0. The van der Waals surface area contributed by atoms with Gasteiger partial charge in [-0.2, -0.15) is 5.10 Å². The standard InChI is InChI=1S/C11H10N2/c1-3-9(2)13-11-7-5-4-6-10(11)8-12-13/h3-8H,1-2H2. The van der Waals surface area contributed by atoms with E-state index in [2.05, 4.69) is 18.3 Å². The number of benzene rings is 1. The van der Waals surface area contributed by atoms with Gasteiger partial charge in [-0.05, 0) is 12.1 Å². The first-order chi connectivity index (χ1) is 6.33. The van der Waals surface area contributed by atoms with E-state index in [-0.39, 0.29) is 0 Å². The van der Waals surface area contributed by atoms with Gasteiger partial charge in [0, 0.05) is 5.39 Å². The van der Waals surface area contributed by atoms with Gasteiger partial charge in [0.15, 0.2) is 0 Å². The molecule has 1 heterocycles. The van der Waals surface area contributed by atoms with Crippen LogP contribution < -0.4 is 0 Å². The SMILES string of the molecule is C=CC(=C)n1ncc2ccccc21. The number of para-hydroxylation sites is 1. The lowest BCUT2D eigenvalue weighted by Gasteiger charge is -2.00. The van der Waals surface area contributed by atoms with Crippen LogP contribution in [0.3, 0.4) is 0 Å². The van der Waals surface area contributed by atoms with Gasteiger partial charge in [0.2, 0.25) is 0 Å². The van der Waals surface area contributed by atoms with E-state index in [4.69, 9.17) is 0 Å². The maximum atomic E-state index is 4.21. The third kappa shape index (κ3) is 1.16. The van der Waals surface area contributed by atoms with Gasteiger partial charge in [0.1, 0.15) is 0 Å². The summed E-state index contributed by atoms with van der Waals surface area (Å²) in [6, 6.07) is 8.01. The Labute approximate surface area is 76.8 Å². The van der Waals surface area contributed by atoms with E-state index in [9.17, 15) is 0 Å². The van der Waals surface area contributed by atoms with Crippen molar-refractivity contribution in [3.63, 3.8) is 0 Å². The topological polar surface area (TPSA) is 17.8 Å². The summed E-state index contributed by atoms with van der Waals surface area (Å²) in [6.07, 6.45) is 3.52. The molecule has 0 bridgehead atoms. The Balaban J connectivity index is 2.71. The maximum Gasteiger partial charge on any atom is 0.0740 e. The van der Waals surface area contributed by atoms with Crippen molar-refractivity contribution in [3.05, 3.63) is 49.7 Å². The van der Waals surface area contributed by atoms with Gasteiger partial charge in [0.05, 0.1) is 17.4 Å². The van der Waals surface area contributed by atoms with Crippen molar-refractivity contribution in [1.82, 2.24) is 9.78 Å². The predicted octanol–water partition coefficient (Wildman–Crippen LogP) is 2.69. The highest BCUT2D eigenvalue weighted by molar-refractivity contribution is 5.82. The molecule has 1 aromatic carbocycles. The first-order valence-electron chi connectivity index (χ1n) is 4.07. The summed E-state index contributed by atoms with van der Waals surface area (Å²) in [5, 5.41) is 5.33. The number of fused-ring (bicyclic) bond motifs is 1. The zero-order chi connectivity index (χ0) is 9.26. The summed E-state index contributed by atoms with van der Waals surface area (Å²) >= 11 is 0. The Morgan fingerprint density at radius 1 is 1.38 bits per heavy atom. The van der Waals surface area contributed by atoms with Gasteiger partial charge >= 0.3 is 0 Å². The van der Waals surface area contributed by atoms with Crippen LogP contribution in [0.4, 0.5) is 0 Å². The monoisotopic (exact) mass is 170 g/mol. The van der Waals surface area contributed by atoms with E-state index in [0.717, 1.165) is 16.6 Å². The van der Waals surface area contributed by atoms with Crippen LogP contribution in [-0.4, -0.2) is 9.78 Å². The third-order valence-corrected chi connectivity index (χ3v) is 1.98. The molecule has 0 aliphatic heterocycles. The summed E-state index contributed by atoms with van der Waals surface area (Å²) in [7, 11) is 0. The fraction of sp³-hybridized carbons (Fsp3) is 0. The largest absolute Gasteiger partial charge is 0.234 e. The number of rotatable bonds is 2. The molecule has 0 unspecified atom stereocenters. The molecule has 0 N–H and O–H groups in total. The highest BCUT2D eigenvalue weighted by Crippen LogP contribution is 2.15. The van der Waals surface area contributed by atoms with Crippen LogP contribution in [0.5, 0.6) is 0 Å². The van der Waals surface area contributed by atoms with E-state index in [1.165, 1.54) is 0 Å². The fourth-order valence-electron chi connectivity index (χ4n) is 1.29. The number of allylic oxidation sites excluding steroid dienone is 2. The molecule has 2 aromatic rings. The third-order valence-electron chi connectivity index (χ3n) is 1.98. The molecule has 0 radical (unpaired) electrons. The summed E-state index contributed by atoms with van der Waals surface area (Å²) in [5.41, 5.74) is 1.86. The first kappa shape index (κ1) is 7.80. The van der Waals surface area contributed by atoms with Crippen molar-refractivity contribution in [3.8, 4) is 0 Å². The minimum absolute atomic E-state index is 0.793. The number of nitrogens with zero attached hydrogens (tertiary/aromatic N) is 2. The predicted molar refractivity (Wildman–Crippen MR) is 55.3 cm³/mol. The van der Waals surface area contributed by atoms with Crippen LogP contribution in [0.1, 0.15) is 0 Å². The average molecular weight is 170 g/mol. The van der Waals surface area contributed by atoms with Crippen LogP contribution in [0, 0.1) is 0 Å². The van der Waals surface area contributed by atoms with Gasteiger partial charge in [-0.25, -0.2) is 4.68 Å². The Hall–Kier alpha value is -1.83. The van der Waals surface area contributed by atoms with Crippen LogP contribution in [-0.2, 0) is 0 Å². The molecule has 0 aliphatic rings. The quantitative estimate of drug-likeness (QED) is 0.633. The van der Waals surface area contributed by atoms with E-state index < -0.39 is 0 Å². The summed E-state index contributed by atoms with van der Waals surface area (Å²) in [5.74, 6) is 0. The minimum Gasteiger partial charge on any atom is -0.234 e. The molecule has 0 fully saturated rings. The van der Waals surface area contributed by atoms with Gasteiger partial charge in [0.25, 0.3) is 0 Å². The number of hydrogen-bond acceptors (Lipinski definition) is 1. The lowest BCUT2D eigenvalue weighted by atomic mass is 10.2. The molecule has 64 valence electrons. The van der Waals surface area contributed by atoms with Crippen molar-refractivity contribution in [2.24, 2.45) is 0 Å². The van der Waals surface area contributed by atoms with Crippen molar-refractivity contribution >= 4 is 16.6 Å². The molecule has 0 saturated heterocycles. The summed E-state index contributed by atoms with van der Waals surface area (Å²) < 4.78 is 1.78. The van der Waals surface area contributed by atoms with E-state index in [0.29, 0.717) is 0 Å². The van der Waals surface area contributed by atoms with E-state index in [1.54, 1.807) is 10.8 Å². The van der Waals surface area contributed by atoms with E-state index in [1.807, 2.05) is 30.5 Å². The van der Waals surface area contributed by atoms with Gasteiger partial charge < -0.3 is 0 Å². The lowest BCUT2D eigenvalue weighted by molar-refractivity contribution is 0.944.